The van der Waals surface area contributed by atoms with Crippen LogP contribution in [-0.2, 0) is 6.42 Å². The van der Waals surface area contributed by atoms with Crippen molar-refractivity contribution in [1.29, 1.82) is 0 Å². The lowest BCUT2D eigenvalue weighted by molar-refractivity contribution is 0.370. The first-order valence-electron chi connectivity index (χ1n) is 6.73. The predicted octanol–water partition coefficient (Wildman–Crippen LogP) is 3.25. The van der Waals surface area contributed by atoms with Crippen LogP contribution in [0.15, 0.2) is 29.8 Å². The molecule has 6 heteroatoms. The van der Waals surface area contributed by atoms with Crippen LogP contribution < -0.4 is 10.6 Å². The molecule has 0 atom stereocenters. The topological polar surface area (TPSA) is 49.8 Å². The van der Waals surface area contributed by atoms with Gasteiger partial charge in [-0.15, -0.1) is 23.7 Å². The van der Waals surface area contributed by atoms with Gasteiger partial charge in [-0.05, 0) is 50.4 Å². The van der Waals surface area contributed by atoms with Gasteiger partial charge in [0, 0.05) is 17.3 Å². The number of halogens is 1. The lowest BCUT2D eigenvalue weighted by atomic mass is 9.93. The molecule has 0 spiro atoms. The molecule has 1 aliphatic heterocycles. The summed E-state index contributed by atoms with van der Waals surface area (Å²) in [6, 6.07) is 6.18. The van der Waals surface area contributed by atoms with Crippen molar-refractivity contribution in [3.05, 3.63) is 35.5 Å². The summed E-state index contributed by atoms with van der Waals surface area (Å²) in [5.74, 6) is 1.66. The van der Waals surface area contributed by atoms with E-state index in [0.29, 0.717) is 0 Å². The summed E-state index contributed by atoms with van der Waals surface area (Å²) in [5.41, 5.74) is 1.17. The minimum absolute atomic E-state index is 0. The SMILES string of the molecule is Cl.c1cc(CC2CCNCC2)nc(Nc2nccs2)c1. The smallest absolute Gasteiger partial charge is 0.188 e. The summed E-state index contributed by atoms with van der Waals surface area (Å²) < 4.78 is 0. The average molecular weight is 311 g/mol. The van der Waals surface area contributed by atoms with Crippen molar-refractivity contribution in [3.8, 4) is 0 Å². The fourth-order valence-corrected chi connectivity index (χ4v) is 2.98. The number of piperidine rings is 1. The molecule has 3 heterocycles. The zero-order chi connectivity index (χ0) is 12.9. The van der Waals surface area contributed by atoms with E-state index in [4.69, 9.17) is 0 Å². The molecule has 1 fully saturated rings. The molecular formula is C14H19ClN4S. The van der Waals surface area contributed by atoms with Crippen LogP contribution in [0.5, 0.6) is 0 Å². The molecule has 20 heavy (non-hydrogen) atoms. The van der Waals surface area contributed by atoms with Crippen LogP contribution in [0.1, 0.15) is 18.5 Å². The minimum atomic E-state index is 0. The van der Waals surface area contributed by atoms with Crippen LogP contribution in [0, 0.1) is 5.92 Å². The predicted molar refractivity (Wildman–Crippen MR) is 86.2 cm³/mol. The summed E-state index contributed by atoms with van der Waals surface area (Å²) in [6.07, 6.45) is 5.39. The van der Waals surface area contributed by atoms with Gasteiger partial charge in [-0.3, -0.25) is 0 Å². The molecule has 0 aliphatic carbocycles. The number of rotatable bonds is 4. The minimum Gasteiger partial charge on any atom is -0.317 e. The largest absolute Gasteiger partial charge is 0.317 e. The lowest BCUT2D eigenvalue weighted by Crippen LogP contribution is -2.28. The highest BCUT2D eigenvalue weighted by molar-refractivity contribution is 7.13. The van der Waals surface area contributed by atoms with Gasteiger partial charge in [0.25, 0.3) is 0 Å². The fraction of sp³-hybridized carbons (Fsp3) is 0.429. The molecule has 2 N–H and O–H groups in total. The fourth-order valence-electron chi connectivity index (χ4n) is 2.44. The Bertz CT molecular complexity index is 512. The molecule has 0 unspecified atom stereocenters. The quantitative estimate of drug-likeness (QED) is 0.910. The van der Waals surface area contributed by atoms with E-state index in [-0.39, 0.29) is 12.4 Å². The Balaban J connectivity index is 0.00000147. The molecule has 4 nitrogen and oxygen atoms in total. The molecule has 108 valence electrons. The van der Waals surface area contributed by atoms with Gasteiger partial charge in [0.2, 0.25) is 0 Å². The summed E-state index contributed by atoms with van der Waals surface area (Å²) in [6.45, 7) is 2.28. The first kappa shape index (κ1) is 15.2. The molecule has 1 aliphatic rings. The molecule has 0 saturated carbocycles. The van der Waals surface area contributed by atoms with E-state index in [9.17, 15) is 0 Å². The van der Waals surface area contributed by atoms with Crippen molar-refractivity contribution in [2.45, 2.75) is 19.3 Å². The highest BCUT2D eigenvalue weighted by atomic mass is 35.5. The Morgan fingerprint density at radius 2 is 2.15 bits per heavy atom. The lowest BCUT2D eigenvalue weighted by Gasteiger charge is -2.22. The van der Waals surface area contributed by atoms with Crippen molar-refractivity contribution in [2.75, 3.05) is 18.4 Å². The second kappa shape index (κ2) is 7.57. The van der Waals surface area contributed by atoms with Crippen molar-refractivity contribution < 1.29 is 0 Å². The molecule has 0 radical (unpaired) electrons. The normalized spacial score (nSPS) is 15.6. The number of nitrogens with one attached hydrogen (secondary N) is 2. The zero-order valence-electron chi connectivity index (χ0n) is 11.2. The highest BCUT2D eigenvalue weighted by Crippen LogP contribution is 2.20. The molecular weight excluding hydrogens is 292 g/mol. The maximum Gasteiger partial charge on any atom is 0.188 e. The van der Waals surface area contributed by atoms with Crippen LogP contribution in [0.2, 0.25) is 0 Å². The van der Waals surface area contributed by atoms with Crippen molar-refractivity contribution in [3.63, 3.8) is 0 Å². The number of hydrogen-bond donors (Lipinski definition) is 2. The second-order valence-electron chi connectivity index (χ2n) is 4.87. The van der Waals surface area contributed by atoms with Gasteiger partial charge in [0.1, 0.15) is 5.82 Å². The average Bonchev–Trinajstić information content (AvgIpc) is 2.93. The van der Waals surface area contributed by atoms with Crippen LogP contribution >= 0.6 is 23.7 Å². The van der Waals surface area contributed by atoms with E-state index in [1.165, 1.54) is 18.5 Å². The molecule has 1 saturated heterocycles. The van der Waals surface area contributed by atoms with Gasteiger partial charge in [-0.25, -0.2) is 9.97 Å². The van der Waals surface area contributed by atoms with E-state index in [0.717, 1.165) is 36.4 Å². The van der Waals surface area contributed by atoms with E-state index < -0.39 is 0 Å². The third kappa shape index (κ3) is 4.16. The van der Waals surface area contributed by atoms with Crippen LogP contribution in [-0.4, -0.2) is 23.1 Å². The van der Waals surface area contributed by atoms with Gasteiger partial charge >= 0.3 is 0 Å². The molecule has 0 amide bonds. The summed E-state index contributed by atoms with van der Waals surface area (Å²) in [5, 5.41) is 9.50. The summed E-state index contributed by atoms with van der Waals surface area (Å²) in [7, 11) is 0. The van der Waals surface area contributed by atoms with Gasteiger partial charge in [-0.2, -0.15) is 0 Å². The monoisotopic (exact) mass is 310 g/mol. The van der Waals surface area contributed by atoms with Crippen molar-refractivity contribution in [2.24, 2.45) is 5.92 Å². The van der Waals surface area contributed by atoms with Gasteiger partial charge in [0.05, 0.1) is 0 Å². The van der Waals surface area contributed by atoms with Gasteiger partial charge in [-0.1, -0.05) is 6.07 Å². The third-order valence-electron chi connectivity index (χ3n) is 3.43. The Labute approximate surface area is 129 Å². The Morgan fingerprint density at radius 3 is 2.90 bits per heavy atom. The molecule has 0 aromatic carbocycles. The van der Waals surface area contributed by atoms with Crippen LogP contribution in [0.3, 0.4) is 0 Å². The maximum absolute atomic E-state index is 4.68. The number of thiazole rings is 1. The molecule has 2 aromatic rings. The molecule has 2 aromatic heterocycles. The summed E-state index contributed by atoms with van der Waals surface area (Å²) in [4.78, 5) is 8.89. The first-order chi connectivity index (χ1) is 9.40. The van der Waals surface area contributed by atoms with Gasteiger partial charge < -0.3 is 10.6 Å². The number of pyridine rings is 1. The van der Waals surface area contributed by atoms with Crippen LogP contribution in [0.4, 0.5) is 10.9 Å². The number of aromatic nitrogens is 2. The van der Waals surface area contributed by atoms with E-state index in [1.54, 1.807) is 17.5 Å². The molecule has 3 rings (SSSR count). The Hall–Kier alpha value is -1.17. The zero-order valence-corrected chi connectivity index (χ0v) is 12.8. The van der Waals surface area contributed by atoms with E-state index in [1.807, 2.05) is 11.4 Å². The van der Waals surface area contributed by atoms with E-state index in [2.05, 4.69) is 32.7 Å². The Morgan fingerprint density at radius 1 is 1.30 bits per heavy atom. The number of nitrogens with zero attached hydrogens (tertiary/aromatic N) is 2. The third-order valence-corrected chi connectivity index (χ3v) is 4.12. The summed E-state index contributed by atoms with van der Waals surface area (Å²) >= 11 is 1.59. The van der Waals surface area contributed by atoms with Gasteiger partial charge in [0.15, 0.2) is 5.13 Å². The van der Waals surface area contributed by atoms with Crippen LogP contribution in [0.25, 0.3) is 0 Å². The van der Waals surface area contributed by atoms with Crippen molar-refractivity contribution in [1.82, 2.24) is 15.3 Å². The first-order valence-corrected chi connectivity index (χ1v) is 7.61. The molecule has 0 bridgehead atoms. The van der Waals surface area contributed by atoms with Crippen molar-refractivity contribution >= 4 is 34.7 Å². The number of hydrogen-bond acceptors (Lipinski definition) is 5. The second-order valence-corrected chi connectivity index (χ2v) is 5.77. The standard InChI is InChI=1S/C14H18N4S.ClH/c1-2-12(10-11-4-6-15-7-5-11)17-13(3-1)18-14-16-8-9-19-14;/h1-3,8-9,11,15H,4-7,10H2,(H,16,17,18);1H. The van der Waals surface area contributed by atoms with E-state index >= 15 is 0 Å². The highest BCUT2D eigenvalue weighted by Gasteiger charge is 2.14. The Kier molecular flexibility index (Phi) is 5.76. The number of anilines is 2. The maximum atomic E-state index is 4.68.